The summed E-state index contributed by atoms with van der Waals surface area (Å²) in [7, 11) is 1.66. The second-order valence-corrected chi connectivity index (χ2v) is 4.65. The Bertz CT molecular complexity index is 412. The lowest BCUT2D eigenvalue weighted by Crippen LogP contribution is -2.18. The van der Waals surface area contributed by atoms with E-state index in [9.17, 15) is 9.18 Å². The number of anilines is 1. The van der Waals surface area contributed by atoms with E-state index >= 15 is 0 Å². The zero-order valence-corrected chi connectivity index (χ0v) is 10.3. The number of amides is 1. The molecule has 1 fully saturated rings. The lowest BCUT2D eigenvalue weighted by molar-refractivity contribution is -0.107. The molecule has 0 aromatic carbocycles. The average molecular weight is 239 g/mol. The number of aryl methyl sites for hydroxylation is 1. The monoisotopic (exact) mass is 239 g/mol. The number of nitrogens with zero attached hydrogens (tertiary/aromatic N) is 3. The van der Waals surface area contributed by atoms with Crippen molar-refractivity contribution in [1.82, 2.24) is 9.78 Å². The van der Waals surface area contributed by atoms with Crippen molar-refractivity contribution in [3.8, 4) is 0 Å². The van der Waals surface area contributed by atoms with Crippen molar-refractivity contribution in [3.63, 3.8) is 0 Å². The highest BCUT2D eigenvalue weighted by atomic mass is 19.1. The fourth-order valence-electron chi connectivity index (χ4n) is 1.80. The van der Waals surface area contributed by atoms with Crippen LogP contribution in [0.3, 0.4) is 0 Å². The Morgan fingerprint density at radius 1 is 1.65 bits per heavy atom. The minimum Gasteiger partial charge on any atom is -0.303 e. The molecular formula is C12H18FN3O. The van der Waals surface area contributed by atoms with Gasteiger partial charge in [0.1, 0.15) is 11.5 Å². The topological polar surface area (TPSA) is 38.1 Å². The van der Waals surface area contributed by atoms with Crippen molar-refractivity contribution >= 4 is 12.2 Å². The van der Waals surface area contributed by atoms with Gasteiger partial charge in [0.05, 0.1) is 0 Å². The molecule has 0 aliphatic heterocycles. The summed E-state index contributed by atoms with van der Waals surface area (Å²) in [6.07, 6.45) is 3.82. The van der Waals surface area contributed by atoms with Gasteiger partial charge in [-0.15, -0.1) is 0 Å². The van der Waals surface area contributed by atoms with Crippen LogP contribution in [0.4, 0.5) is 10.2 Å². The average Bonchev–Trinajstić information content (AvgIpc) is 2.94. The van der Waals surface area contributed by atoms with E-state index in [-0.39, 0.29) is 0 Å². The van der Waals surface area contributed by atoms with Gasteiger partial charge in [0, 0.05) is 19.7 Å². The van der Waals surface area contributed by atoms with Crippen LogP contribution in [0.15, 0.2) is 6.07 Å². The second kappa shape index (κ2) is 4.47. The molecule has 0 spiro atoms. The van der Waals surface area contributed by atoms with Crippen LogP contribution < -0.4 is 4.90 Å². The maximum atomic E-state index is 13.9. The van der Waals surface area contributed by atoms with Gasteiger partial charge in [-0.3, -0.25) is 4.79 Å². The van der Waals surface area contributed by atoms with Crippen LogP contribution in [-0.4, -0.2) is 23.2 Å². The normalized spacial score (nSPS) is 16.9. The SMILES string of the molecule is CCCCn1nc(C2(F)CC2)cc1N(C)C=O. The molecule has 0 bridgehead atoms. The van der Waals surface area contributed by atoms with Crippen molar-refractivity contribution < 1.29 is 9.18 Å². The van der Waals surface area contributed by atoms with Gasteiger partial charge < -0.3 is 4.90 Å². The smallest absolute Gasteiger partial charge is 0.215 e. The van der Waals surface area contributed by atoms with Crippen LogP contribution in [0.1, 0.15) is 38.3 Å². The van der Waals surface area contributed by atoms with Crippen LogP contribution in [0.25, 0.3) is 0 Å². The Morgan fingerprint density at radius 2 is 2.35 bits per heavy atom. The molecule has 0 atom stereocenters. The minimum absolute atomic E-state index is 0.470. The van der Waals surface area contributed by atoms with Crippen LogP contribution in [0, 0.1) is 0 Å². The fourth-order valence-corrected chi connectivity index (χ4v) is 1.80. The lowest BCUT2D eigenvalue weighted by atomic mass is 10.2. The Hall–Kier alpha value is -1.39. The molecule has 1 aromatic rings. The summed E-state index contributed by atoms with van der Waals surface area (Å²) in [5.74, 6) is 0.673. The summed E-state index contributed by atoms with van der Waals surface area (Å²) in [6.45, 7) is 2.81. The maximum absolute atomic E-state index is 13.9. The number of carbonyl (C=O) groups is 1. The zero-order chi connectivity index (χ0) is 12.5. The largest absolute Gasteiger partial charge is 0.303 e. The van der Waals surface area contributed by atoms with Gasteiger partial charge >= 0.3 is 0 Å². The molecular weight excluding hydrogens is 221 g/mol. The van der Waals surface area contributed by atoms with Gasteiger partial charge in [0.2, 0.25) is 6.41 Å². The number of hydrogen-bond donors (Lipinski definition) is 0. The Morgan fingerprint density at radius 3 is 2.88 bits per heavy atom. The van der Waals surface area contributed by atoms with Crippen molar-refractivity contribution in [1.29, 1.82) is 0 Å². The molecule has 5 heteroatoms. The molecule has 0 saturated heterocycles. The third-order valence-corrected chi connectivity index (χ3v) is 3.15. The molecule has 1 saturated carbocycles. The van der Waals surface area contributed by atoms with Crippen LogP contribution in [0.2, 0.25) is 0 Å². The first-order chi connectivity index (χ1) is 8.10. The van der Waals surface area contributed by atoms with Crippen LogP contribution in [0.5, 0.6) is 0 Å². The van der Waals surface area contributed by atoms with Gasteiger partial charge in [-0.25, -0.2) is 9.07 Å². The fraction of sp³-hybridized carbons (Fsp3) is 0.667. The van der Waals surface area contributed by atoms with E-state index in [1.165, 1.54) is 4.90 Å². The summed E-state index contributed by atoms with van der Waals surface area (Å²) >= 11 is 0. The molecule has 1 aromatic heterocycles. The highest BCUT2D eigenvalue weighted by Gasteiger charge is 2.47. The maximum Gasteiger partial charge on any atom is 0.215 e. The van der Waals surface area contributed by atoms with Gasteiger partial charge in [-0.2, -0.15) is 5.10 Å². The molecule has 2 rings (SSSR count). The Labute approximate surface area is 100 Å². The molecule has 0 radical (unpaired) electrons. The molecule has 0 unspecified atom stereocenters. The van der Waals surface area contributed by atoms with E-state index in [0.29, 0.717) is 24.4 Å². The number of hydrogen-bond acceptors (Lipinski definition) is 2. The summed E-state index contributed by atoms with van der Waals surface area (Å²) in [5, 5.41) is 4.29. The molecule has 1 heterocycles. The molecule has 1 aliphatic carbocycles. The molecule has 1 aliphatic rings. The van der Waals surface area contributed by atoms with Crippen molar-refractivity contribution in [2.75, 3.05) is 11.9 Å². The van der Waals surface area contributed by atoms with E-state index in [4.69, 9.17) is 0 Å². The number of alkyl halides is 1. The highest BCUT2D eigenvalue weighted by molar-refractivity contribution is 5.72. The number of unbranched alkanes of at least 4 members (excludes halogenated alkanes) is 1. The molecule has 1 amide bonds. The number of carbonyl (C=O) groups excluding carboxylic acids is 1. The van der Waals surface area contributed by atoms with Crippen molar-refractivity contribution in [2.24, 2.45) is 0 Å². The lowest BCUT2D eigenvalue weighted by Gasteiger charge is -2.12. The summed E-state index contributed by atoms with van der Waals surface area (Å²) in [6, 6.07) is 1.69. The second-order valence-electron chi connectivity index (χ2n) is 4.65. The summed E-state index contributed by atoms with van der Waals surface area (Å²) in [5.41, 5.74) is -0.770. The molecule has 94 valence electrons. The van der Waals surface area contributed by atoms with Gasteiger partial charge in [0.25, 0.3) is 0 Å². The number of rotatable bonds is 6. The summed E-state index contributed by atoms with van der Waals surface area (Å²) < 4.78 is 15.7. The first-order valence-corrected chi connectivity index (χ1v) is 6.06. The predicted octanol–water partition coefficient (Wildman–Crippen LogP) is 2.23. The number of aromatic nitrogens is 2. The standard InChI is InChI=1S/C12H18FN3O/c1-3-4-7-16-11(15(2)9-17)8-10(14-16)12(13)5-6-12/h8-9H,3-7H2,1-2H3. The van der Waals surface area contributed by atoms with Gasteiger partial charge in [0.15, 0.2) is 5.67 Å². The van der Waals surface area contributed by atoms with Crippen molar-refractivity contribution in [2.45, 2.75) is 44.8 Å². The summed E-state index contributed by atoms with van der Waals surface area (Å²) in [4.78, 5) is 12.2. The predicted molar refractivity (Wildman–Crippen MR) is 63.6 cm³/mol. The quantitative estimate of drug-likeness (QED) is 0.714. The van der Waals surface area contributed by atoms with Crippen molar-refractivity contribution in [3.05, 3.63) is 11.8 Å². The number of halogens is 1. The highest BCUT2D eigenvalue weighted by Crippen LogP contribution is 2.49. The molecule has 4 nitrogen and oxygen atoms in total. The first-order valence-electron chi connectivity index (χ1n) is 6.06. The van der Waals surface area contributed by atoms with E-state index in [1.54, 1.807) is 17.8 Å². The van der Waals surface area contributed by atoms with Gasteiger partial charge in [-0.1, -0.05) is 13.3 Å². The van der Waals surface area contributed by atoms with E-state index in [2.05, 4.69) is 12.0 Å². The first kappa shape index (κ1) is 12.1. The van der Waals surface area contributed by atoms with Crippen LogP contribution >= 0.6 is 0 Å². The third kappa shape index (κ3) is 2.33. The third-order valence-electron chi connectivity index (χ3n) is 3.15. The zero-order valence-electron chi connectivity index (χ0n) is 10.3. The Kier molecular flexibility index (Phi) is 3.17. The van der Waals surface area contributed by atoms with Gasteiger partial charge in [-0.05, 0) is 19.3 Å². The molecule has 17 heavy (non-hydrogen) atoms. The van der Waals surface area contributed by atoms with E-state index in [0.717, 1.165) is 25.8 Å². The van der Waals surface area contributed by atoms with E-state index in [1.807, 2.05) is 0 Å². The molecule has 0 N–H and O–H groups in total. The van der Waals surface area contributed by atoms with Crippen LogP contribution in [-0.2, 0) is 17.0 Å². The minimum atomic E-state index is -1.24. The Balaban J connectivity index is 2.26. The van der Waals surface area contributed by atoms with E-state index < -0.39 is 5.67 Å².